The molecular weight excluding hydrogens is 216 g/mol. The van der Waals surface area contributed by atoms with Gasteiger partial charge in [-0.1, -0.05) is 12.1 Å². The molecule has 4 nitrogen and oxygen atoms in total. The normalized spacial score (nSPS) is 31.1. The lowest BCUT2D eigenvalue weighted by Gasteiger charge is -2.42. The molecule has 3 unspecified atom stereocenters. The maximum absolute atomic E-state index is 6.35. The number of benzene rings is 1. The van der Waals surface area contributed by atoms with Gasteiger partial charge in [0.15, 0.2) is 0 Å². The summed E-state index contributed by atoms with van der Waals surface area (Å²) in [5.41, 5.74) is 8.55. The van der Waals surface area contributed by atoms with Crippen LogP contribution in [0.3, 0.4) is 0 Å². The van der Waals surface area contributed by atoms with E-state index in [9.17, 15) is 0 Å². The summed E-state index contributed by atoms with van der Waals surface area (Å²) in [4.78, 5) is 0. The maximum atomic E-state index is 6.35. The molecule has 2 heterocycles. The standard InChI is InChI=1S/C13H18N2O2/c1-16-11-4-2-3-8-12(14)9-7-17-6-5-10(9)15-13(8)11/h2-4,9-10,12,15H,5-7,14H2,1H3. The van der Waals surface area contributed by atoms with Gasteiger partial charge in [-0.2, -0.15) is 0 Å². The molecule has 0 bridgehead atoms. The molecule has 4 heteroatoms. The fourth-order valence-corrected chi connectivity index (χ4v) is 2.86. The Morgan fingerprint density at radius 2 is 2.35 bits per heavy atom. The van der Waals surface area contributed by atoms with Crippen molar-refractivity contribution >= 4 is 5.69 Å². The molecule has 0 aliphatic carbocycles. The lowest BCUT2D eigenvalue weighted by atomic mass is 9.81. The summed E-state index contributed by atoms with van der Waals surface area (Å²) < 4.78 is 10.9. The molecule has 1 aromatic rings. The van der Waals surface area contributed by atoms with Crippen LogP contribution in [0.4, 0.5) is 5.69 Å². The Hall–Kier alpha value is -1.26. The summed E-state index contributed by atoms with van der Waals surface area (Å²) in [7, 11) is 1.69. The summed E-state index contributed by atoms with van der Waals surface area (Å²) in [6, 6.07) is 6.47. The monoisotopic (exact) mass is 234 g/mol. The Labute approximate surface area is 101 Å². The predicted molar refractivity (Wildman–Crippen MR) is 66.3 cm³/mol. The predicted octanol–water partition coefficient (Wildman–Crippen LogP) is 1.53. The van der Waals surface area contributed by atoms with Crippen LogP contribution in [0.15, 0.2) is 18.2 Å². The quantitative estimate of drug-likeness (QED) is 0.773. The van der Waals surface area contributed by atoms with Gasteiger partial charge in [-0.15, -0.1) is 0 Å². The molecule has 2 aliphatic heterocycles. The number of para-hydroxylation sites is 1. The molecule has 3 atom stereocenters. The molecule has 0 amide bonds. The molecule has 0 saturated carbocycles. The first-order valence-electron chi connectivity index (χ1n) is 6.08. The van der Waals surface area contributed by atoms with E-state index in [1.54, 1.807) is 7.11 Å². The van der Waals surface area contributed by atoms with Crippen molar-refractivity contribution in [1.82, 2.24) is 0 Å². The molecular formula is C13H18N2O2. The number of nitrogens with one attached hydrogen (secondary N) is 1. The van der Waals surface area contributed by atoms with Gasteiger partial charge in [0, 0.05) is 24.6 Å². The molecule has 3 N–H and O–H groups in total. The average Bonchev–Trinajstić information content (AvgIpc) is 2.38. The van der Waals surface area contributed by atoms with Crippen molar-refractivity contribution in [1.29, 1.82) is 0 Å². The Kier molecular flexibility index (Phi) is 2.68. The van der Waals surface area contributed by atoms with Gasteiger partial charge < -0.3 is 20.5 Å². The van der Waals surface area contributed by atoms with Crippen molar-refractivity contribution in [3.05, 3.63) is 23.8 Å². The van der Waals surface area contributed by atoms with E-state index in [1.807, 2.05) is 12.1 Å². The summed E-state index contributed by atoms with van der Waals surface area (Å²) in [6.45, 7) is 1.56. The third kappa shape index (κ3) is 1.68. The average molecular weight is 234 g/mol. The first kappa shape index (κ1) is 10.9. The lowest BCUT2D eigenvalue weighted by molar-refractivity contribution is 0.0341. The van der Waals surface area contributed by atoms with Gasteiger partial charge in [-0.25, -0.2) is 0 Å². The first-order chi connectivity index (χ1) is 8.31. The van der Waals surface area contributed by atoms with Crippen molar-refractivity contribution in [2.75, 3.05) is 25.6 Å². The fourth-order valence-electron chi connectivity index (χ4n) is 2.86. The summed E-state index contributed by atoms with van der Waals surface area (Å²) in [5.74, 6) is 1.24. The van der Waals surface area contributed by atoms with Crippen molar-refractivity contribution in [2.45, 2.75) is 18.5 Å². The van der Waals surface area contributed by atoms with Gasteiger partial charge in [0.1, 0.15) is 5.75 Å². The minimum Gasteiger partial charge on any atom is -0.495 e. The number of fused-ring (bicyclic) bond motifs is 2. The van der Waals surface area contributed by atoms with Crippen LogP contribution in [0.2, 0.25) is 0 Å². The number of methoxy groups -OCH3 is 1. The van der Waals surface area contributed by atoms with Gasteiger partial charge >= 0.3 is 0 Å². The highest BCUT2D eigenvalue weighted by Gasteiger charge is 2.37. The SMILES string of the molecule is COc1cccc2c1NC1CCOCC1C2N. The van der Waals surface area contributed by atoms with Gasteiger partial charge in [0.25, 0.3) is 0 Å². The molecule has 0 aromatic heterocycles. The Morgan fingerprint density at radius 3 is 3.18 bits per heavy atom. The fraction of sp³-hybridized carbons (Fsp3) is 0.538. The van der Waals surface area contributed by atoms with Gasteiger partial charge in [0.05, 0.1) is 19.4 Å². The van der Waals surface area contributed by atoms with Crippen molar-refractivity contribution < 1.29 is 9.47 Å². The van der Waals surface area contributed by atoms with Crippen LogP contribution in [0.5, 0.6) is 5.75 Å². The number of nitrogens with two attached hydrogens (primary N) is 1. The molecule has 1 fully saturated rings. The van der Waals surface area contributed by atoms with E-state index in [-0.39, 0.29) is 6.04 Å². The largest absolute Gasteiger partial charge is 0.495 e. The van der Waals surface area contributed by atoms with Crippen molar-refractivity contribution in [3.8, 4) is 5.75 Å². The molecule has 2 aliphatic rings. The van der Waals surface area contributed by atoms with Crippen LogP contribution < -0.4 is 15.8 Å². The Balaban J connectivity index is 2.02. The van der Waals surface area contributed by atoms with E-state index in [4.69, 9.17) is 15.2 Å². The van der Waals surface area contributed by atoms with Crippen LogP contribution in [0, 0.1) is 5.92 Å². The number of hydrogen-bond donors (Lipinski definition) is 2. The van der Waals surface area contributed by atoms with E-state index in [0.29, 0.717) is 12.0 Å². The van der Waals surface area contributed by atoms with E-state index in [1.165, 1.54) is 0 Å². The van der Waals surface area contributed by atoms with E-state index in [2.05, 4.69) is 11.4 Å². The third-order valence-corrected chi connectivity index (χ3v) is 3.83. The number of anilines is 1. The topological polar surface area (TPSA) is 56.5 Å². The third-order valence-electron chi connectivity index (χ3n) is 3.83. The lowest BCUT2D eigenvalue weighted by Crippen LogP contribution is -2.47. The van der Waals surface area contributed by atoms with Gasteiger partial charge in [0.2, 0.25) is 0 Å². The number of hydrogen-bond acceptors (Lipinski definition) is 4. The molecule has 0 radical (unpaired) electrons. The second kappa shape index (κ2) is 4.20. The highest BCUT2D eigenvalue weighted by atomic mass is 16.5. The van der Waals surface area contributed by atoms with Crippen molar-refractivity contribution in [2.24, 2.45) is 11.7 Å². The van der Waals surface area contributed by atoms with Crippen LogP contribution in [0.1, 0.15) is 18.0 Å². The van der Waals surface area contributed by atoms with E-state index >= 15 is 0 Å². The summed E-state index contributed by atoms with van der Waals surface area (Å²) in [6.07, 6.45) is 1.01. The molecule has 1 saturated heterocycles. The molecule has 92 valence electrons. The molecule has 1 aromatic carbocycles. The molecule has 17 heavy (non-hydrogen) atoms. The minimum absolute atomic E-state index is 0.0339. The Bertz CT molecular complexity index is 422. The highest BCUT2D eigenvalue weighted by Crippen LogP contribution is 2.42. The molecule has 3 rings (SSSR count). The zero-order valence-corrected chi connectivity index (χ0v) is 9.98. The summed E-state index contributed by atoms with van der Waals surface area (Å²) >= 11 is 0. The number of ether oxygens (including phenoxy) is 2. The van der Waals surface area contributed by atoms with Crippen LogP contribution in [0.25, 0.3) is 0 Å². The maximum Gasteiger partial charge on any atom is 0.142 e. The number of rotatable bonds is 1. The Morgan fingerprint density at radius 1 is 1.47 bits per heavy atom. The van der Waals surface area contributed by atoms with Crippen molar-refractivity contribution in [3.63, 3.8) is 0 Å². The summed E-state index contributed by atoms with van der Waals surface area (Å²) in [5, 5.41) is 3.56. The zero-order chi connectivity index (χ0) is 11.8. The van der Waals surface area contributed by atoms with E-state index in [0.717, 1.165) is 36.6 Å². The smallest absolute Gasteiger partial charge is 0.142 e. The second-order valence-electron chi connectivity index (χ2n) is 4.73. The van der Waals surface area contributed by atoms with E-state index < -0.39 is 0 Å². The minimum atomic E-state index is 0.0339. The zero-order valence-electron chi connectivity index (χ0n) is 9.98. The van der Waals surface area contributed by atoms with Gasteiger partial charge in [-0.3, -0.25) is 0 Å². The molecule has 0 spiro atoms. The van der Waals surface area contributed by atoms with Crippen LogP contribution >= 0.6 is 0 Å². The highest BCUT2D eigenvalue weighted by molar-refractivity contribution is 5.65. The van der Waals surface area contributed by atoms with Crippen LogP contribution in [-0.2, 0) is 4.74 Å². The van der Waals surface area contributed by atoms with Gasteiger partial charge in [-0.05, 0) is 18.1 Å². The second-order valence-corrected chi connectivity index (χ2v) is 4.73. The van der Waals surface area contributed by atoms with Crippen LogP contribution in [-0.4, -0.2) is 26.4 Å². The first-order valence-corrected chi connectivity index (χ1v) is 6.08.